The Hall–Kier alpha value is -5.94. The van der Waals surface area contributed by atoms with Crippen LogP contribution in [-0.2, 0) is 33.4 Å². The van der Waals surface area contributed by atoms with Crippen molar-refractivity contribution < 1.29 is 90.9 Å². The van der Waals surface area contributed by atoms with E-state index in [2.05, 4.69) is 146 Å². The van der Waals surface area contributed by atoms with E-state index in [0.29, 0.717) is 57.4 Å². The van der Waals surface area contributed by atoms with Crippen LogP contribution >= 0.6 is 53.3 Å². The van der Waals surface area contributed by atoms with Gasteiger partial charge in [0.15, 0.2) is 11.0 Å². The quantitative estimate of drug-likeness (QED) is 0.00996. The number of fused-ring (bicyclic) bond motifs is 4. The summed E-state index contributed by atoms with van der Waals surface area (Å²) in [6, 6.07) is 13.7. The van der Waals surface area contributed by atoms with Crippen molar-refractivity contribution in [2.75, 3.05) is 52.0 Å². The molecule has 0 bridgehead atoms. The van der Waals surface area contributed by atoms with Crippen LogP contribution in [-0.4, -0.2) is 129 Å². The van der Waals surface area contributed by atoms with Gasteiger partial charge in [0.25, 0.3) is 5.69 Å². The van der Waals surface area contributed by atoms with Gasteiger partial charge in [0, 0.05) is 48.9 Å². The third-order valence-corrected chi connectivity index (χ3v) is 17.3. The molecule has 9 aromatic rings. The van der Waals surface area contributed by atoms with Gasteiger partial charge in [0.2, 0.25) is 11.0 Å². The van der Waals surface area contributed by atoms with Gasteiger partial charge in [-0.2, -0.15) is 8.42 Å². The molecule has 1 radical (unpaired) electrons. The topological polar surface area (TPSA) is 372 Å². The fourth-order valence-electron chi connectivity index (χ4n) is 6.76. The van der Waals surface area contributed by atoms with Crippen molar-refractivity contribution in [2.45, 2.75) is 93.2 Å². The summed E-state index contributed by atoms with van der Waals surface area (Å²) in [5, 5.41) is 47.9. The van der Waals surface area contributed by atoms with Crippen LogP contribution in [0.3, 0.4) is 0 Å². The van der Waals surface area contributed by atoms with Crippen molar-refractivity contribution in [3.63, 3.8) is 0 Å². The summed E-state index contributed by atoms with van der Waals surface area (Å²) in [5.74, 6) is -2.01. The van der Waals surface area contributed by atoms with E-state index in [1.807, 2.05) is 20.8 Å². The van der Waals surface area contributed by atoms with E-state index in [-0.39, 0.29) is 39.6 Å². The summed E-state index contributed by atoms with van der Waals surface area (Å²) in [6.07, 6.45) is 5.11. The monoisotopic (exact) mass is 1510 g/mol. The molecule has 0 saturated carbocycles. The van der Waals surface area contributed by atoms with Crippen molar-refractivity contribution in [3.05, 3.63) is 120 Å². The number of nitrogens with two attached hydrogens (primary N) is 1. The predicted molar refractivity (Wildman–Crippen MR) is 347 cm³/mol. The number of rotatable bonds is 9. The smallest absolute Gasteiger partial charge is 0.248 e. The third kappa shape index (κ3) is 31.0. The van der Waals surface area contributed by atoms with E-state index < -0.39 is 63.2 Å². The first-order chi connectivity index (χ1) is 42.3. The molecule has 2 fully saturated rings. The number of hydrogen-bond donors (Lipinski definition) is 4. The van der Waals surface area contributed by atoms with Crippen molar-refractivity contribution in [3.8, 4) is 0 Å². The maximum Gasteiger partial charge on any atom is 0.248 e. The molecule has 0 atom stereocenters. The standard InChI is InChI=1S/C12H19FN2OSi2.C6HBr2FN2O.C6H3FN2O2.C6H5FN2O2.C6H3FN2O.C6H15O3P.2C4H8O.CH4.BHNS.H2O4S/c1-17(2,3)9-7-8(13)12(18(4,5)6)11-10(9)14-16-15-11;7-2-1-3(9)4(8)6-5(2)10-12-11-6;7-4-1-2-5-6(3-4)9(10)11-8-5;7-4-1-2-5(8)6(3-4)9(10)11;7-4-1-2-5-6(3-4)9-10-8-5;1-4-7-10(8-5-2)9-6-3;2*1-2-4-5-3-1;;1-2-3;1-5(2,3)4/h7H,1-6H3;1H;1-3H;1-3H,8H2;1-3H;4-6H2,1-3H3;2*1-4H2;1H4;3H;(H2,1,2,3,4). The van der Waals surface area contributed by atoms with Gasteiger partial charge in [-0.1, -0.05) is 46.7 Å². The molecule has 4 aromatic heterocycles. The Balaban J connectivity index is 0.000000521. The number of halogens is 7. The van der Waals surface area contributed by atoms with Gasteiger partial charge in [-0.15, -0.1) is 0 Å². The van der Waals surface area contributed by atoms with Crippen LogP contribution in [0.5, 0.6) is 0 Å². The van der Waals surface area contributed by atoms with Crippen LogP contribution in [0, 0.1) is 44.4 Å². The second-order valence-electron chi connectivity index (χ2n) is 19.5. The molecular weight excluding hydrogens is 1440 g/mol. The molecular formula is C51H69BBr2F5N11O16PS2Si2. The van der Waals surface area contributed by atoms with Gasteiger partial charge in [-0.3, -0.25) is 23.8 Å². The Bertz CT molecular complexity index is 3700. The van der Waals surface area contributed by atoms with Crippen LogP contribution in [0.15, 0.2) is 98.5 Å². The summed E-state index contributed by atoms with van der Waals surface area (Å²) < 4.78 is 143. The largest absolute Gasteiger partial charge is 0.359 e. The molecule has 0 amide bonds. The predicted octanol–water partition coefficient (Wildman–Crippen LogP) is 12.7. The molecule has 2 aliphatic heterocycles. The van der Waals surface area contributed by atoms with Gasteiger partial charge in [0.1, 0.15) is 56.8 Å². The Kier molecular flexibility index (Phi) is 38.6. The molecule has 40 heteroatoms. The van der Waals surface area contributed by atoms with Gasteiger partial charge in [-0.25, -0.2) is 35.8 Å². The molecule has 27 nitrogen and oxygen atoms in total. The number of ether oxygens (including phenoxy) is 2. The number of nitrogen functional groups attached to an aromatic ring is 1. The molecule has 5 aromatic carbocycles. The molecule has 0 unspecified atom stereocenters. The molecule has 6 heterocycles. The minimum absolute atomic E-state index is 0. The van der Waals surface area contributed by atoms with Crippen LogP contribution < -0.4 is 21.0 Å². The number of hydrogen-bond acceptors (Lipinski definition) is 24. The first-order valence-corrected chi connectivity index (χ1v) is 37.8. The number of nitro groups is 1. The molecule has 0 aliphatic carbocycles. The Morgan fingerprint density at radius 1 is 0.681 bits per heavy atom. The van der Waals surface area contributed by atoms with E-state index in [1.54, 1.807) is 6.07 Å². The number of nitrogens with zero attached hydrogens (tertiary/aromatic N) is 10. The van der Waals surface area contributed by atoms with E-state index in [9.17, 15) is 37.3 Å². The zero-order valence-corrected chi connectivity index (χ0v) is 57.6. The summed E-state index contributed by atoms with van der Waals surface area (Å²) in [4.78, 5) is 9.57. The van der Waals surface area contributed by atoms with Crippen molar-refractivity contribution in [2.24, 2.45) is 4.30 Å². The van der Waals surface area contributed by atoms with Crippen molar-refractivity contribution >= 4 is 153 Å². The fourth-order valence-corrected chi connectivity index (χ4v) is 11.6. The van der Waals surface area contributed by atoms with Crippen LogP contribution in [0.1, 0.15) is 53.9 Å². The molecule has 11 rings (SSSR count). The van der Waals surface area contributed by atoms with E-state index in [4.69, 9.17) is 50.9 Å². The molecule has 91 heavy (non-hydrogen) atoms. The molecule has 2 aliphatic rings. The second kappa shape index (κ2) is 42.3. The summed E-state index contributed by atoms with van der Waals surface area (Å²) >= 11 is 9.36. The van der Waals surface area contributed by atoms with Crippen LogP contribution in [0.25, 0.3) is 44.1 Å². The van der Waals surface area contributed by atoms with Crippen LogP contribution in [0.2, 0.25) is 39.3 Å². The fraction of sp³-hybridized carbons (Fsp3) is 0.412. The normalized spacial score (nSPS) is 12.3. The third-order valence-electron chi connectivity index (χ3n) is 10.5. The molecule has 4 N–H and O–H groups in total. The molecule has 2 saturated heterocycles. The summed E-state index contributed by atoms with van der Waals surface area (Å²) in [5.41, 5.74) is 8.49. The maximum atomic E-state index is 14.4. The zero-order chi connectivity index (χ0) is 67.8. The average molecular weight is 1510 g/mol. The molecule has 501 valence electrons. The number of anilines is 1. The minimum atomic E-state index is -4.67. The number of benzene rings is 5. The Morgan fingerprint density at radius 2 is 1.12 bits per heavy atom. The molecule has 0 spiro atoms. The second-order valence-corrected chi connectivity index (χ2v) is 33.5. The van der Waals surface area contributed by atoms with Gasteiger partial charge in [-0.05, 0) is 168 Å². The number of thiol groups is 1. The van der Waals surface area contributed by atoms with E-state index >= 15 is 0 Å². The van der Waals surface area contributed by atoms with Crippen LogP contribution in [0.4, 0.5) is 33.3 Å². The summed E-state index contributed by atoms with van der Waals surface area (Å²) in [6.45, 7) is 24.5. The maximum absolute atomic E-state index is 14.4. The van der Waals surface area contributed by atoms with Gasteiger partial charge < -0.3 is 34.0 Å². The van der Waals surface area contributed by atoms with E-state index in [1.165, 1.54) is 62.1 Å². The van der Waals surface area contributed by atoms with Gasteiger partial charge >= 0.3 is 43.8 Å². The zero-order valence-electron chi connectivity index (χ0n) is 49.8. The Morgan fingerprint density at radius 3 is 1.58 bits per heavy atom. The first kappa shape index (κ1) is 83.1. The number of aromatic nitrogens is 8. The Labute approximate surface area is 546 Å². The minimum Gasteiger partial charge on any atom is -0.359 e. The van der Waals surface area contributed by atoms with E-state index in [0.717, 1.165) is 66.6 Å². The van der Waals surface area contributed by atoms with Crippen molar-refractivity contribution in [1.82, 2.24) is 36.1 Å². The average Bonchev–Trinajstić information content (AvgIpc) is 1.77. The van der Waals surface area contributed by atoms with Crippen molar-refractivity contribution in [1.29, 1.82) is 0 Å². The SMILES string of the molecule is C.C1CCOC1.C1CCOC1.CCOP(OCC)OCC.C[Si](C)(C)c1cc(F)c([Si](C)(C)C)c2nonc12.Fc1cc(Br)c2nonc2c1Br.Fc1ccc2nonc2c1.Nc1ccc(F)cc1[N+](=O)[O-].O=S(=O)(O)O.[B]=NS.[O-][n+]1onc2ccc(F)cc21. The first-order valence-electron chi connectivity index (χ1n) is 26.3. The number of nitro benzene ring substituents is 1. The van der Waals surface area contributed by atoms with Gasteiger partial charge in [0.05, 0.1) is 55.9 Å². The summed E-state index contributed by atoms with van der Waals surface area (Å²) in [7, 11) is -4.86.